The van der Waals surface area contributed by atoms with Crippen molar-refractivity contribution in [3.05, 3.63) is 23.8 Å². The van der Waals surface area contributed by atoms with E-state index in [1.54, 1.807) is 19.2 Å². The van der Waals surface area contributed by atoms with Gasteiger partial charge >= 0.3 is 5.97 Å². The van der Waals surface area contributed by atoms with E-state index in [4.69, 9.17) is 20.3 Å². The summed E-state index contributed by atoms with van der Waals surface area (Å²) in [5.74, 6) is -1.01. The molecule has 2 rings (SSSR count). The molecule has 1 aromatic carbocycles. The van der Waals surface area contributed by atoms with E-state index in [9.17, 15) is 4.79 Å². The summed E-state index contributed by atoms with van der Waals surface area (Å²) in [5.41, 5.74) is 6.32. The van der Waals surface area contributed by atoms with Gasteiger partial charge in [0.2, 0.25) is 0 Å². The van der Waals surface area contributed by atoms with Crippen LogP contribution in [0.4, 0.5) is 11.4 Å². The van der Waals surface area contributed by atoms with Gasteiger partial charge in [0.25, 0.3) is 0 Å². The summed E-state index contributed by atoms with van der Waals surface area (Å²) in [5, 5.41) is 12.3. The van der Waals surface area contributed by atoms with E-state index >= 15 is 0 Å². The van der Waals surface area contributed by atoms with Gasteiger partial charge in [0, 0.05) is 38.1 Å². The van der Waals surface area contributed by atoms with Gasteiger partial charge < -0.3 is 25.6 Å². The van der Waals surface area contributed by atoms with Crippen molar-refractivity contribution in [2.75, 3.05) is 37.9 Å². The first-order valence-electron chi connectivity index (χ1n) is 6.06. The Morgan fingerprint density at radius 1 is 1.63 bits per heavy atom. The number of anilines is 2. The molecular weight excluding hydrogens is 248 g/mol. The number of carboxylic acids is 1. The molecule has 0 spiro atoms. The second kappa shape index (κ2) is 5.46. The average molecular weight is 266 g/mol. The molecule has 1 unspecified atom stereocenters. The number of carboxylic acid groups (broad SMARTS) is 1. The number of aromatic carboxylic acids is 1. The summed E-state index contributed by atoms with van der Waals surface area (Å²) >= 11 is 0. The van der Waals surface area contributed by atoms with Crippen LogP contribution in [0.1, 0.15) is 16.8 Å². The molecule has 104 valence electrons. The van der Waals surface area contributed by atoms with Crippen LogP contribution in [0, 0.1) is 0 Å². The first-order chi connectivity index (χ1) is 9.06. The summed E-state index contributed by atoms with van der Waals surface area (Å²) in [4.78, 5) is 11.2. The average Bonchev–Trinajstić information content (AvgIpc) is 2.86. The van der Waals surface area contributed by atoms with Crippen molar-refractivity contribution < 1.29 is 19.4 Å². The number of rotatable bonds is 5. The largest absolute Gasteiger partial charge is 0.478 e. The van der Waals surface area contributed by atoms with Crippen molar-refractivity contribution in [2.45, 2.75) is 12.0 Å². The lowest BCUT2D eigenvalue weighted by atomic mass is 10.0. The Labute approximate surface area is 111 Å². The van der Waals surface area contributed by atoms with Crippen molar-refractivity contribution in [3.63, 3.8) is 0 Å². The third kappa shape index (κ3) is 2.97. The molecule has 0 aromatic heterocycles. The predicted octanol–water partition coefficient (Wildman–Crippen LogP) is 1.18. The van der Waals surface area contributed by atoms with E-state index in [0.29, 0.717) is 31.1 Å². The zero-order valence-electron chi connectivity index (χ0n) is 10.8. The van der Waals surface area contributed by atoms with Gasteiger partial charge in [0.1, 0.15) is 5.60 Å². The highest BCUT2D eigenvalue weighted by Crippen LogP contribution is 2.25. The number of nitrogen functional groups attached to an aromatic ring is 1. The fourth-order valence-electron chi connectivity index (χ4n) is 2.11. The van der Waals surface area contributed by atoms with Gasteiger partial charge in [-0.25, -0.2) is 4.79 Å². The molecule has 0 radical (unpaired) electrons. The highest BCUT2D eigenvalue weighted by molar-refractivity contribution is 5.95. The van der Waals surface area contributed by atoms with Crippen molar-refractivity contribution in [1.82, 2.24) is 0 Å². The summed E-state index contributed by atoms with van der Waals surface area (Å²) in [6, 6.07) is 4.77. The lowest BCUT2D eigenvalue weighted by Gasteiger charge is -2.26. The quantitative estimate of drug-likeness (QED) is 0.693. The molecule has 1 aromatic rings. The topological polar surface area (TPSA) is 93.8 Å². The molecule has 6 nitrogen and oxygen atoms in total. The van der Waals surface area contributed by atoms with E-state index in [0.717, 1.165) is 6.42 Å². The molecule has 1 aliphatic heterocycles. The lowest BCUT2D eigenvalue weighted by Crippen LogP contribution is -2.39. The maximum atomic E-state index is 11.2. The standard InChI is InChI=1S/C13H18N2O4/c1-18-13(4-5-19-8-13)7-15-11-3-2-9(14)6-10(11)12(16)17/h2-3,6,15H,4-5,7-8,14H2,1H3,(H,16,17). The fourth-order valence-corrected chi connectivity index (χ4v) is 2.11. The third-order valence-corrected chi connectivity index (χ3v) is 3.38. The Bertz CT molecular complexity index is 470. The Morgan fingerprint density at radius 3 is 3.00 bits per heavy atom. The molecule has 0 aliphatic carbocycles. The van der Waals surface area contributed by atoms with Crippen LogP contribution in [0.2, 0.25) is 0 Å². The van der Waals surface area contributed by atoms with Crippen LogP contribution in [-0.4, -0.2) is 43.5 Å². The van der Waals surface area contributed by atoms with Crippen LogP contribution in [0.15, 0.2) is 18.2 Å². The number of hydrogen-bond donors (Lipinski definition) is 3. The Kier molecular flexibility index (Phi) is 3.92. The number of benzene rings is 1. The van der Waals surface area contributed by atoms with E-state index in [2.05, 4.69) is 5.32 Å². The molecule has 0 bridgehead atoms. The highest BCUT2D eigenvalue weighted by Gasteiger charge is 2.34. The molecule has 1 saturated heterocycles. The van der Waals surface area contributed by atoms with E-state index in [1.165, 1.54) is 6.07 Å². The smallest absolute Gasteiger partial charge is 0.337 e. The van der Waals surface area contributed by atoms with Gasteiger partial charge in [-0.05, 0) is 18.2 Å². The highest BCUT2D eigenvalue weighted by atomic mass is 16.5. The van der Waals surface area contributed by atoms with Gasteiger partial charge in [-0.2, -0.15) is 0 Å². The van der Waals surface area contributed by atoms with Crippen molar-refractivity contribution >= 4 is 17.3 Å². The van der Waals surface area contributed by atoms with Gasteiger partial charge in [-0.15, -0.1) is 0 Å². The van der Waals surface area contributed by atoms with Crippen LogP contribution in [0.3, 0.4) is 0 Å². The predicted molar refractivity (Wildman–Crippen MR) is 71.5 cm³/mol. The van der Waals surface area contributed by atoms with Gasteiger partial charge in [0.05, 0.1) is 12.2 Å². The molecule has 4 N–H and O–H groups in total. The second-order valence-electron chi connectivity index (χ2n) is 4.65. The van der Waals surface area contributed by atoms with E-state index < -0.39 is 11.6 Å². The van der Waals surface area contributed by atoms with Crippen molar-refractivity contribution in [1.29, 1.82) is 0 Å². The third-order valence-electron chi connectivity index (χ3n) is 3.38. The zero-order chi connectivity index (χ0) is 13.9. The van der Waals surface area contributed by atoms with E-state index in [1.807, 2.05) is 0 Å². The molecule has 1 aliphatic rings. The molecule has 1 atom stereocenters. The van der Waals surface area contributed by atoms with E-state index in [-0.39, 0.29) is 5.56 Å². The van der Waals surface area contributed by atoms with Crippen LogP contribution < -0.4 is 11.1 Å². The number of carbonyl (C=O) groups is 1. The molecule has 1 fully saturated rings. The molecular formula is C13H18N2O4. The lowest BCUT2D eigenvalue weighted by molar-refractivity contribution is -0.00622. The normalized spacial score (nSPS) is 22.4. The number of nitrogens with two attached hydrogens (primary N) is 1. The summed E-state index contributed by atoms with van der Waals surface area (Å²) in [6.45, 7) is 1.66. The monoisotopic (exact) mass is 266 g/mol. The van der Waals surface area contributed by atoms with Gasteiger partial charge in [-0.3, -0.25) is 0 Å². The first kappa shape index (κ1) is 13.6. The molecule has 1 heterocycles. The molecule has 19 heavy (non-hydrogen) atoms. The maximum absolute atomic E-state index is 11.2. The number of hydrogen-bond acceptors (Lipinski definition) is 5. The molecule has 0 saturated carbocycles. The molecule has 6 heteroatoms. The van der Waals surface area contributed by atoms with Crippen LogP contribution in [0.25, 0.3) is 0 Å². The van der Waals surface area contributed by atoms with Crippen LogP contribution >= 0.6 is 0 Å². The SMILES string of the molecule is COC1(CNc2ccc(N)cc2C(=O)O)CCOC1. The second-order valence-corrected chi connectivity index (χ2v) is 4.65. The Hall–Kier alpha value is -1.79. The van der Waals surface area contributed by atoms with Gasteiger partial charge in [0.15, 0.2) is 0 Å². The minimum Gasteiger partial charge on any atom is -0.478 e. The summed E-state index contributed by atoms with van der Waals surface area (Å²) in [7, 11) is 1.64. The van der Waals surface area contributed by atoms with Crippen molar-refractivity contribution in [3.8, 4) is 0 Å². The number of ether oxygens (including phenoxy) is 2. The van der Waals surface area contributed by atoms with Crippen LogP contribution in [-0.2, 0) is 9.47 Å². The zero-order valence-corrected chi connectivity index (χ0v) is 10.8. The minimum absolute atomic E-state index is 0.158. The Morgan fingerprint density at radius 2 is 2.42 bits per heavy atom. The number of nitrogens with one attached hydrogen (secondary N) is 1. The van der Waals surface area contributed by atoms with Gasteiger partial charge in [-0.1, -0.05) is 0 Å². The Balaban J connectivity index is 2.13. The first-order valence-corrected chi connectivity index (χ1v) is 6.06. The summed E-state index contributed by atoms with van der Waals surface area (Å²) in [6.07, 6.45) is 0.786. The number of methoxy groups -OCH3 is 1. The maximum Gasteiger partial charge on any atom is 0.337 e. The van der Waals surface area contributed by atoms with Crippen molar-refractivity contribution in [2.24, 2.45) is 0 Å². The van der Waals surface area contributed by atoms with Crippen LogP contribution in [0.5, 0.6) is 0 Å². The minimum atomic E-state index is -1.01. The fraction of sp³-hybridized carbons (Fsp3) is 0.462. The molecule has 0 amide bonds. The summed E-state index contributed by atoms with van der Waals surface area (Å²) < 4.78 is 10.8.